The van der Waals surface area contributed by atoms with Gasteiger partial charge in [-0.3, -0.25) is 0 Å². The third kappa shape index (κ3) is 7.22. The van der Waals surface area contributed by atoms with Crippen molar-refractivity contribution >= 4 is 27.5 Å². The third-order valence-corrected chi connectivity index (χ3v) is 13.3. The van der Waals surface area contributed by atoms with Crippen molar-refractivity contribution in [3.05, 3.63) is 190 Å². The molecule has 2 atom stereocenters. The van der Waals surface area contributed by atoms with Crippen LogP contribution < -0.4 is 0 Å². The number of thiophene rings is 1. The van der Waals surface area contributed by atoms with Crippen LogP contribution in [0.25, 0.3) is 61.2 Å². The van der Waals surface area contributed by atoms with Gasteiger partial charge in [0.1, 0.15) is 5.82 Å². The Balaban J connectivity index is 1.16. The first kappa shape index (κ1) is 37.6. The van der Waals surface area contributed by atoms with E-state index in [1.165, 1.54) is 70.6 Å². The minimum atomic E-state index is -0.0493. The minimum Gasteiger partial charge on any atom is -0.212 e. The second-order valence-corrected chi connectivity index (χ2v) is 16.7. The summed E-state index contributed by atoms with van der Waals surface area (Å²) in [7, 11) is 0. The van der Waals surface area contributed by atoms with Crippen LogP contribution >= 0.6 is 11.3 Å². The lowest BCUT2D eigenvalue weighted by Crippen LogP contribution is -2.10. The Labute approximate surface area is 347 Å². The van der Waals surface area contributed by atoms with Crippen molar-refractivity contribution in [2.45, 2.75) is 71.6 Å². The van der Waals surface area contributed by atoms with E-state index in [9.17, 15) is 0 Å². The van der Waals surface area contributed by atoms with E-state index in [0.717, 1.165) is 54.9 Å². The molecule has 0 aliphatic heterocycles. The second kappa shape index (κ2) is 16.5. The number of allylic oxidation sites excluding steroid dienone is 1. The fraction of sp³-hybridized carbons (Fsp3) is 0.204. The molecular weight excluding hydrogens is 723 g/mol. The van der Waals surface area contributed by atoms with Crippen molar-refractivity contribution in [3.8, 4) is 45.0 Å². The van der Waals surface area contributed by atoms with Crippen molar-refractivity contribution in [2.24, 2.45) is 0 Å². The summed E-state index contributed by atoms with van der Waals surface area (Å²) in [6, 6.07) is 50.7. The predicted molar refractivity (Wildman–Crippen MR) is 246 cm³/mol. The molecule has 3 nitrogen and oxygen atoms in total. The van der Waals surface area contributed by atoms with Gasteiger partial charge >= 0.3 is 0 Å². The zero-order chi connectivity index (χ0) is 39.6. The number of benzene rings is 6. The van der Waals surface area contributed by atoms with Crippen LogP contribution in [-0.2, 0) is 12.8 Å². The predicted octanol–water partition coefficient (Wildman–Crippen LogP) is 14.6. The highest BCUT2D eigenvalue weighted by atomic mass is 32.1. The number of hydrogen-bond donors (Lipinski definition) is 0. The van der Waals surface area contributed by atoms with Gasteiger partial charge in [-0.05, 0) is 131 Å². The molecule has 0 fully saturated rings. The van der Waals surface area contributed by atoms with E-state index in [0.29, 0.717) is 11.7 Å². The largest absolute Gasteiger partial charge is 0.212 e. The average molecular weight is 772 g/mol. The van der Waals surface area contributed by atoms with E-state index in [-0.39, 0.29) is 5.92 Å². The molecule has 0 radical (unpaired) electrons. The Morgan fingerprint density at radius 3 is 2.05 bits per heavy atom. The highest BCUT2D eigenvalue weighted by Crippen LogP contribution is 2.43. The lowest BCUT2D eigenvalue weighted by Gasteiger charge is -2.22. The van der Waals surface area contributed by atoms with Crippen molar-refractivity contribution in [1.29, 1.82) is 0 Å². The summed E-state index contributed by atoms with van der Waals surface area (Å²) >= 11 is 1.86. The SMILES string of the molecule is CCC(c1nc(-c2ccccc2)nc(-c2cccc3c4c(sc23)C=CCC4)n1)c1ccccc1-c1cc(-c2ccccc2C[C@H](CC)c2ccccc2)c(C)cc1C. The number of hydrogen-bond acceptors (Lipinski definition) is 4. The summed E-state index contributed by atoms with van der Waals surface area (Å²) in [4.78, 5) is 17.3. The maximum Gasteiger partial charge on any atom is 0.165 e. The van der Waals surface area contributed by atoms with Crippen LogP contribution in [0.15, 0.2) is 146 Å². The normalized spacial score (nSPS) is 13.4. The lowest BCUT2D eigenvalue weighted by atomic mass is 9.83. The molecule has 4 heteroatoms. The molecule has 2 aromatic heterocycles. The number of rotatable bonds is 11. The molecule has 0 spiro atoms. The fourth-order valence-electron chi connectivity index (χ4n) is 9.03. The van der Waals surface area contributed by atoms with E-state index in [2.05, 4.69) is 173 Å². The van der Waals surface area contributed by atoms with Gasteiger partial charge in [-0.15, -0.1) is 11.3 Å². The van der Waals surface area contributed by atoms with Crippen LogP contribution in [0.2, 0.25) is 0 Å². The van der Waals surface area contributed by atoms with E-state index in [4.69, 9.17) is 15.0 Å². The third-order valence-electron chi connectivity index (χ3n) is 12.1. The molecule has 9 rings (SSSR count). The molecule has 1 aliphatic rings. The summed E-state index contributed by atoms with van der Waals surface area (Å²) in [6.07, 6.45) is 9.66. The lowest BCUT2D eigenvalue weighted by molar-refractivity contribution is 0.661. The molecule has 2 heterocycles. The standard InChI is InChI=1S/C54H49N3S/c1-5-37(38-20-9-7-10-21-38)33-40-24-13-14-25-42(40)48-34-49(36(4)32-35(48)3)44-27-16-15-26-43(44)41(6-2)53-55-52(39-22-11-8-12-23-39)56-54(57-53)47-30-19-29-46-45-28-17-18-31-50(45)58-51(46)47/h7-16,18-27,29-32,34,37,41H,5-6,17,28,33H2,1-4H3/t37-,41?/m0/s1. The maximum absolute atomic E-state index is 5.41. The molecule has 0 N–H and O–H groups in total. The number of aryl methyl sites for hydroxylation is 3. The van der Waals surface area contributed by atoms with Crippen molar-refractivity contribution in [2.75, 3.05) is 0 Å². The summed E-state index contributed by atoms with van der Waals surface area (Å²) in [6.45, 7) is 9.08. The van der Waals surface area contributed by atoms with Crippen LogP contribution in [0.4, 0.5) is 0 Å². The first-order valence-corrected chi connectivity index (χ1v) is 21.7. The minimum absolute atomic E-state index is 0.0493. The summed E-state index contributed by atoms with van der Waals surface area (Å²) < 4.78 is 1.25. The van der Waals surface area contributed by atoms with Crippen LogP contribution in [0.3, 0.4) is 0 Å². The molecule has 0 saturated carbocycles. The molecule has 6 aromatic carbocycles. The number of fused-ring (bicyclic) bond motifs is 3. The molecule has 286 valence electrons. The van der Waals surface area contributed by atoms with E-state index in [1.807, 2.05) is 17.4 Å². The highest BCUT2D eigenvalue weighted by Gasteiger charge is 2.25. The van der Waals surface area contributed by atoms with Gasteiger partial charge in [0.2, 0.25) is 0 Å². The Morgan fingerprint density at radius 2 is 1.28 bits per heavy atom. The van der Waals surface area contributed by atoms with Gasteiger partial charge in [0, 0.05) is 26.6 Å². The summed E-state index contributed by atoms with van der Waals surface area (Å²) in [5.74, 6) is 2.66. The van der Waals surface area contributed by atoms with Crippen LogP contribution in [0.1, 0.15) is 89.0 Å². The molecule has 0 amide bonds. The summed E-state index contributed by atoms with van der Waals surface area (Å²) in [5.41, 5.74) is 15.2. The van der Waals surface area contributed by atoms with Crippen molar-refractivity contribution in [1.82, 2.24) is 15.0 Å². The first-order valence-electron chi connectivity index (χ1n) is 20.9. The molecule has 0 bridgehead atoms. The number of nitrogens with zero attached hydrogens (tertiary/aromatic N) is 3. The maximum atomic E-state index is 5.41. The van der Waals surface area contributed by atoms with Gasteiger partial charge < -0.3 is 0 Å². The molecule has 0 saturated heterocycles. The van der Waals surface area contributed by atoms with E-state index < -0.39 is 0 Å². The second-order valence-electron chi connectivity index (χ2n) is 15.7. The first-order chi connectivity index (χ1) is 28.5. The van der Waals surface area contributed by atoms with Gasteiger partial charge in [0.05, 0.1) is 0 Å². The quantitative estimate of drug-likeness (QED) is 0.131. The van der Waals surface area contributed by atoms with Gasteiger partial charge in [-0.1, -0.05) is 147 Å². The zero-order valence-electron chi connectivity index (χ0n) is 33.9. The molecule has 8 aromatic rings. The Kier molecular flexibility index (Phi) is 10.7. The highest BCUT2D eigenvalue weighted by molar-refractivity contribution is 7.20. The molecular formula is C54H49N3S. The van der Waals surface area contributed by atoms with Gasteiger partial charge in [0.25, 0.3) is 0 Å². The van der Waals surface area contributed by atoms with Gasteiger partial charge in [-0.25, -0.2) is 15.0 Å². The van der Waals surface area contributed by atoms with Crippen LogP contribution in [-0.4, -0.2) is 15.0 Å². The Morgan fingerprint density at radius 1 is 0.603 bits per heavy atom. The monoisotopic (exact) mass is 771 g/mol. The molecule has 1 aliphatic carbocycles. The smallest absolute Gasteiger partial charge is 0.165 e. The Bertz CT molecular complexity index is 2760. The Hall–Kier alpha value is -5.97. The van der Waals surface area contributed by atoms with Crippen LogP contribution in [0, 0.1) is 13.8 Å². The topological polar surface area (TPSA) is 38.7 Å². The molecule has 1 unspecified atom stereocenters. The van der Waals surface area contributed by atoms with E-state index >= 15 is 0 Å². The average Bonchev–Trinajstić information content (AvgIpc) is 3.66. The molecule has 58 heavy (non-hydrogen) atoms. The van der Waals surface area contributed by atoms with Gasteiger partial charge in [-0.2, -0.15) is 0 Å². The van der Waals surface area contributed by atoms with E-state index in [1.54, 1.807) is 0 Å². The van der Waals surface area contributed by atoms with Crippen molar-refractivity contribution < 1.29 is 0 Å². The van der Waals surface area contributed by atoms with Crippen molar-refractivity contribution in [3.63, 3.8) is 0 Å². The zero-order valence-corrected chi connectivity index (χ0v) is 34.7. The fourth-order valence-corrected chi connectivity index (χ4v) is 10.3. The number of aromatic nitrogens is 3. The summed E-state index contributed by atoms with van der Waals surface area (Å²) in [5, 5.41) is 1.32. The van der Waals surface area contributed by atoms with Crippen LogP contribution in [0.5, 0.6) is 0 Å². The van der Waals surface area contributed by atoms with Gasteiger partial charge in [0.15, 0.2) is 11.6 Å².